The Morgan fingerprint density at radius 2 is 1.72 bits per heavy atom. The third-order valence-electron chi connectivity index (χ3n) is 3.61. The van der Waals surface area contributed by atoms with Crippen molar-refractivity contribution in [3.63, 3.8) is 0 Å². The van der Waals surface area contributed by atoms with Gasteiger partial charge in [-0.2, -0.15) is 0 Å². The predicted molar refractivity (Wildman–Crippen MR) is 97.2 cm³/mol. The second-order valence-corrected chi connectivity index (χ2v) is 5.81. The van der Waals surface area contributed by atoms with E-state index in [9.17, 15) is 4.79 Å². The summed E-state index contributed by atoms with van der Waals surface area (Å²) < 4.78 is 10.5. The molecular formula is C18H24N4O3. The lowest BCUT2D eigenvalue weighted by molar-refractivity contribution is -0.118. The Morgan fingerprint density at radius 1 is 1.04 bits per heavy atom. The van der Waals surface area contributed by atoms with E-state index in [2.05, 4.69) is 20.8 Å². The number of carbonyl (C=O) groups is 1. The van der Waals surface area contributed by atoms with Gasteiger partial charge in [-0.25, -0.2) is 0 Å². The van der Waals surface area contributed by atoms with Crippen LogP contribution in [-0.4, -0.2) is 36.9 Å². The summed E-state index contributed by atoms with van der Waals surface area (Å²) in [5.74, 6) is 2.35. The van der Waals surface area contributed by atoms with Crippen molar-refractivity contribution in [1.29, 1.82) is 0 Å². The first-order valence-corrected chi connectivity index (χ1v) is 8.13. The standard InChI is InChI=1S/C18H24N4O3/c1-12(2)18(23)20-17-8-7-16(21-22-17)19-10-9-13-5-6-14(24-3)15(11-13)25-4/h5-8,11-12H,9-10H2,1-4H3,(H,19,21)(H,20,22,23). The van der Waals surface area contributed by atoms with Crippen molar-refractivity contribution in [3.05, 3.63) is 35.9 Å². The van der Waals surface area contributed by atoms with Crippen LogP contribution in [0.15, 0.2) is 30.3 Å². The Labute approximate surface area is 147 Å². The molecule has 7 heteroatoms. The van der Waals surface area contributed by atoms with Crippen molar-refractivity contribution in [2.24, 2.45) is 5.92 Å². The Hall–Kier alpha value is -2.83. The normalized spacial score (nSPS) is 10.4. The molecule has 0 atom stereocenters. The summed E-state index contributed by atoms with van der Waals surface area (Å²) in [6.45, 7) is 4.35. The van der Waals surface area contributed by atoms with E-state index in [1.165, 1.54) is 0 Å². The van der Waals surface area contributed by atoms with E-state index in [4.69, 9.17) is 9.47 Å². The minimum Gasteiger partial charge on any atom is -0.493 e. The molecule has 0 fully saturated rings. The van der Waals surface area contributed by atoms with E-state index in [-0.39, 0.29) is 11.8 Å². The maximum Gasteiger partial charge on any atom is 0.228 e. The first kappa shape index (κ1) is 18.5. The van der Waals surface area contributed by atoms with Crippen molar-refractivity contribution >= 4 is 17.5 Å². The van der Waals surface area contributed by atoms with Gasteiger partial charge in [0, 0.05) is 12.5 Å². The monoisotopic (exact) mass is 344 g/mol. The molecule has 2 aromatic rings. The average Bonchev–Trinajstić information content (AvgIpc) is 2.62. The number of hydrogen-bond donors (Lipinski definition) is 2. The minimum atomic E-state index is -0.0962. The average molecular weight is 344 g/mol. The maximum absolute atomic E-state index is 11.6. The van der Waals surface area contributed by atoms with E-state index < -0.39 is 0 Å². The van der Waals surface area contributed by atoms with Gasteiger partial charge in [0.2, 0.25) is 5.91 Å². The molecule has 0 aliphatic heterocycles. The van der Waals surface area contributed by atoms with Gasteiger partial charge in [0.1, 0.15) is 5.82 Å². The zero-order valence-electron chi connectivity index (χ0n) is 15.0. The molecule has 0 aliphatic rings. The number of benzene rings is 1. The molecule has 7 nitrogen and oxygen atoms in total. The lowest BCUT2D eigenvalue weighted by Gasteiger charge is -2.10. The number of ether oxygens (including phenoxy) is 2. The zero-order chi connectivity index (χ0) is 18.2. The highest BCUT2D eigenvalue weighted by molar-refractivity contribution is 5.91. The summed E-state index contributed by atoms with van der Waals surface area (Å²) in [6, 6.07) is 9.36. The zero-order valence-corrected chi connectivity index (χ0v) is 15.0. The van der Waals surface area contributed by atoms with Gasteiger partial charge in [-0.3, -0.25) is 4.79 Å². The van der Waals surface area contributed by atoms with Crippen LogP contribution in [0.2, 0.25) is 0 Å². The molecule has 0 saturated carbocycles. The first-order chi connectivity index (χ1) is 12.0. The number of methoxy groups -OCH3 is 2. The fraction of sp³-hybridized carbons (Fsp3) is 0.389. The fourth-order valence-corrected chi connectivity index (χ4v) is 2.13. The predicted octanol–water partition coefficient (Wildman–Crippen LogP) is 2.74. The highest BCUT2D eigenvalue weighted by Gasteiger charge is 2.08. The number of hydrogen-bond acceptors (Lipinski definition) is 6. The molecule has 0 spiro atoms. The van der Waals surface area contributed by atoms with Crippen molar-refractivity contribution in [1.82, 2.24) is 10.2 Å². The van der Waals surface area contributed by atoms with Crippen LogP contribution in [0, 0.1) is 5.92 Å². The molecule has 1 aromatic heterocycles. The van der Waals surface area contributed by atoms with Crippen LogP contribution in [0.1, 0.15) is 19.4 Å². The number of carbonyl (C=O) groups excluding carboxylic acids is 1. The van der Waals surface area contributed by atoms with Crippen LogP contribution in [-0.2, 0) is 11.2 Å². The van der Waals surface area contributed by atoms with E-state index in [1.54, 1.807) is 26.4 Å². The van der Waals surface area contributed by atoms with Gasteiger partial charge in [-0.1, -0.05) is 19.9 Å². The molecule has 2 rings (SSSR count). The largest absolute Gasteiger partial charge is 0.493 e. The molecule has 0 aliphatic carbocycles. The fourth-order valence-electron chi connectivity index (χ4n) is 2.13. The Kier molecular flexibility index (Phi) is 6.56. The van der Waals surface area contributed by atoms with Gasteiger partial charge >= 0.3 is 0 Å². The quantitative estimate of drug-likeness (QED) is 0.766. The number of aromatic nitrogens is 2. The molecular weight excluding hydrogens is 320 g/mol. The number of rotatable bonds is 8. The summed E-state index contributed by atoms with van der Waals surface area (Å²) in [5.41, 5.74) is 1.12. The highest BCUT2D eigenvalue weighted by atomic mass is 16.5. The van der Waals surface area contributed by atoms with Crippen LogP contribution >= 0.6 is 0 Å². The van der Waals surface area contributed by atoms with Gasteiger partial charge in [0.05, 0.1) is 14.2 Å². The molecule has 0 bridgehead atoms. The minimum absolute atomic E-state index is 0.0801. The van der Waals surface area contributed by atoms with Crippen LogP contribution in [0.5, 0.6) is 11.5 Å². The van der Waals surface area contributed by atoms with Gasteiger partial charge in [0.25, 0.3) is 0 Å². The summed E-state index contributed by atoms with van der Waals surface area (Å²) in [5, 5.41) is 14.0. The number of nitrogens with one attached hydrogen (secondary N) is 2. The number of amides is 1. The van der Waals surface area contributed by atoms with Crippen LogP contribution < -0.4 is 20.1 Å². The van der Waals surface area contributed by atoms with Crippen molar-refractivity contribution < 1.29 is 14.3 Å². The highest BCUT2D eigenvalue weighted by Crippen LogP contribution is 2.27. The summed E-state index contributed by atoms with van der Waals surface area (Å²) >= 11 is 0. The van der Waals surface area contributed by atoms with E-state index in [0.717, 1.165) is 12.0 Å². The topological polar surface area (TPSA) is 85.4 Å². The smallest absolute Gasteiger partial charge is 0.228 e. The molecule has 1 aromatic carbocycles. The molecule has 0 saturated heterocycles. The third-order valence-corrected chi connectivity index (χ3v) is 3.61. The second-order valence-electron chi connectivity index (χ2n) is 5.81. The van der Waals surface area contributed by atoms with Gasteiger partial charge in [-0.05, 0) is 36.2 Å². The second kappa shape index (κ2) is 8.86. The third kappa shape index (κ3) is 5.34. The van der Waals surface area contributed by atoms with E-state index >= 15 is 0 Å². The summed E-state index contributed by atoms with van der Waals surface area (Å²) in [7, 11) is 3.24. The molecule has 0 radical (unpaired) electrons. The van der Waals surface area contributed by atoms with Crippen molar-refractivity contribution in [2.75, 3.05) is 31.4 Å². The Morgan fingerprint density at radius 3 is 2.32 bits per heavy atom. The van der Waals surface area contributed by atoms with E-state index in [1.807, 2.05) is 32.0 Å². The molecule has 0 unspecified atom stereocenters. The Balaban J connectivity index is 1.86. The van der Waals surface area contributed by atoms with Crippen molar-refractivity contribution in [2.45, 2.75) is 20.3 Å². The van der Waals surface area contributed by atoms with Gasteiger partial charge < -0.3 is 20.1 Å². The van der Waals surface area contributed by atoms with E-state index in [0.29, 0.717) is 29.7 Å². The van der Waals surface area contributed by atoms with Gasteiger partial charge in [-0.15, -0.1) is 10.2 Å². The molecule has 2 N–H and O–H groups in total. The summed E-state index contributed by atoms with van der Waals surface area (Å²) in [4.78, 5) is 11.6. The molecule has 1 heterocycles. The maximum atomic E-state index is 11.6. The molecule has 25 heavy (non-hydrogen) atoms. The lowest BCUT2D eigenvalue weighted by atomic mass is 10.1. The van der Waals surface area contributed by atoms with Crippen LogP contribution in [0.25, 0.3) is 0 Å². The van der Waals surface area contributed by atoms with Crippen LogP contribution in [0.4, 0.5) is 11.6 Å². The van der Waals surface area contributed by atoms with Gasteiger partial charge in [0.15, 0.2) is 17.3 Å². The molecule has 134 valence electrons. The first-order valence-electron chi connectivity index (χ1n) is 8.13. The molecule has 1 amide bonds. The summed E-state index contributed by atoms with van der Waals surface area (Å²) in [6.07, 6.45) is 0.799. The number of nitrogens with zero attached hydrogens (tertiary/aromatic N) is 2. The Bertz CT molecular complexity index is 702. The SMILES string of the molecule is COc1ccc(CCNc2ccc(NC(=O)C(C)C)nn2)cc1OC. The number of anilines is 2. The lowest BCUT2D eigenvalue weighted by Crippen LogP contribution is -2.19. The van der Waals surface area contributed by atoms with Crippen LogP contribution in [0.3, 0.4) is 0 Å². The van der Waals surface area contributed by atoms with Crippen molar-refractivity contribution in [3.8, 4) is 11.5 Å².